The maximum absolute atomic E-state index is 12.7. The second kappa shape index (κ2) is 31.4. The van der Waals surface area contributed by atoms with E-state index in [1.165, 1.54) is 57.8 Å². The van der Waals surface area contributed by atoms with Crippen LogP contribution in [0.3, 0.4) is 0 Å². The predicted molar refractivity (Wildman–Crippen MR) is 201 cm³/mol. The van der Waals surface area contributed by atoms with Crippen molar-refractivity contribution >= 4 is 13.7 Å². The van der Waals surface area contributed by atoms with E-state index in [2.05, 4.69) is 55.6 Å². The molecule has 9 heteroatoms. The van der Waals surface area contributed by atoms with Gasteiger partial charge in [-0.25, -0.2) is 0 Å². The summed E-state index contributed by atoms with van der Waals surface area (Å²) in [4.78, 5) is 25.1. The van der Waals surface area contributed by atoms with Crippen molar-refractivity contribution in [2.45, 2.75) is 154 Å². The molecular weight excluding hydrogens is 623 g/mol. The highest BCUT2D eigenvalue weighted by Crippen LogP contribution is 2.38. The third kappa shape index (κ3) is 33.0. The lowest BCUT2D eigenvalue weighted by molar-refractivity contribution is -0.870. The third-order valence-corrected chi connectivity index (χ3v) is 8.95. The highest BCUT2D eigenvalue weighted by molar-refractivity contribution is 7.45. The number of phosphoric ester groups is 1. The summed E-state index contributed by atoms with van der Waals surface area (Å²) in [5.74, 6) is -0.230. The number of hydrogen-bond acceptors (Lipinski definition) is 6. The second-order valence-electron chi connectivity index (χ2n) is 13.9. The molecular formula is C39H73N2O6P. The Balaban J connectivity index is 4.65. The maximum atomic E-state index is 12.7. The molecule has 0 rings (SSSR count). The number of phosphoric acid groups is 1. The average Bonchev–Trinajstić information content (AvgIpc) is 3.02. The Hall–Kier alpha value is -1.54. The molecule has 0 fully saturated rings. The van der Waals surface area contributed by atoms with Gasteiger partial charge in [-0.1, -0.05) is 120 Å². The highest BCUT2D eigenvalue weighted by Gasteiger charge is 2.23. The first kappa shape index (κ1) is 46.5. The fraction of sp³-hybridized carbons (Fsp3) is 0.769. The highest BCUT2D eigenvalue weighted by atomic mass is 31.2. The van der Waals surface area contributed by atoms with Crippen LogP contribution in [-0.2, 0) is 18.4 Å². The SMILES string of the molecule is CCCC/C=C\CCCCCCC(=O)NC(COP(=O)([O-])OCC[N+](C)(C)C)C(O)/C=C/CC/C=C/CC/C=C/CCCCCCCC. The largest absolute Gasteiger partial charge is 0.756 e. The normalized spacial score (nSPS) is 15.2. The summed E-state index contributed by atoms with van der Waals surface area (Å²) >= 11 is 0. The smallest absolute Gasteiger partial charge is 0.268 e. The number of unbranched alkanes of at least 4 members (excludes halogenated alkanes) is 14. The molecule has 0 aliphatic rings. The minimum atomic E-state index is -4.59. The van der Waals surface area contributed by atoms with E-state index in [0.717, 1.165) is 64.2 Å². The van der Waals surface area contributed by atoms with Gasteiger partial charge in [-0.15, -0.1) is 0 Å². The number of likely N-dealkylation sites (N-methyl/N-ethyl adjacent to an activating group) is 1. The minimum Gasteiger partial charge on any atom is -0.756 e. The van der Waals surface area contributed by atoms with Gasteiger partial charge in [0, 0.05) is 6.42 Å². The van der Waals surface area contributed by atoms with E-state index in [1.807, 2.05) is 27.2 Å². The topological polar surface area (TPSA) is 108 Å². The average molecular weight is 697 g/mol. The van der Waals surface area contributed by atoms with Crippen LogP contribution in [0.2, 0.25) is 0 Å². The first-order valence-corrected chi connectivity index (χ1v) is 20.5. The lowest BCUT2D eigenvalue weighted by atomic mass is 10.1. The first-order valence-electron chi connectivity index (χ1n) is 19.0. The Kier molecular flexibility index (Phi) is 30.4. The Morgan fingerprint density at radius 1 is 0.708 bits per heavy atom. The van der Waals surface area contributed by atoms with Crippen LogP contribution in [0.1, 0.15) is 142 Å². The first-order chi connectivity index (χ1) is 23.0. The second-order valence-corrected chi connectivity index (χ2v) is 15.3. The van der Waals surface area contributed by atoms with Crippen molar-refractivity contribution in [2.75, 3.05) is 40.9 Å². The number of rotatable bonds is 33. The van der Waals surface area contributed by atoms with Gasteiger partial charge in [0.1, 0.15) is 13.2 Å². The van der Waals surface area contributed by atoms with Crippen molar-refractivity contribution in [1.29, 1.82) is 0 Å². The van der Waals surface area contributed by atoms with Crippen molar-refractivity contribution in [3.05, 3.63) is 48.6 Å². The van der Waals surface area contributed by atoms with Crippen molar-refractivity contribution in [3.8, 4) is 0 Å². The number of carbonyl (C=O) groups is 1. The van der Waals surface area contributed by atoms with Crippen LogP contribution in [0.25, 0.3) is 0 Å². The molecule has 8 nitrogen and oxygen atoms in total. The quantitative estimate of drug-likeness (QED) is 0.0307. The Labute approximate surface area is 295 Å². The Morgan fingerprint density at radius 3 is 1.75 bits per heavy atom. The summed E-state index contributed by atoms with van der Waals surface area (Å²) in [6, 6.07) is -0.912. The van der Waals surface area contributed by atoms with Gasteiger partial charge in [0.25, 0.3) is 7.82 Å². The van der Waals surface area contributed by atoms with Crippen LogP contribution in [0.15, 0.2) is 48.6 Å². The van der Waals surface area contributed by atoms with Gasteiger partial charge in [0.05, 0.1) is 39.9 Å². The third-order valence-electron chi connectivity index (χ3n) is 7.99. The Bertz CT molecular complexity index is 928. The molecule has 0 bridgehead atoms. The van der Waals surface area contributed by atoms with Crippen LogP contribution in [-0.4, -0.2) is 68.5 Å². The Morgan fingerprint density at radius 2 is 1.19 bits per heavy atom. The molecule has 0 aromatic carbocycles. The maximum Gasteiger partial charge on any atom is 0.268 e. The molecule has 0 aliphatic carbocycles. The van der Waals surface area contributed by atoms with E-state index < -0.39 is 26.6 Å². The summed E-state index contributed by atoms with van der Waals surface area (Å²) in [6.07, 6.45) is 37.3. The van der Waals surface area contributed by atoms with E-state index in [0.29, 0.717) is 17.4 Å². The number of hydrogen-bond donors (Lipinski definition) is 2. The van der Waals surface area contributed by atoms with Crippen LogP contribution < -0.4 is 10.2 Å². The number of nitrogens with one attached hydrogen (secondary N) is 1. The van der Waals surface area contributed by atoms with Crippen LogP contribution in [0, 0.1) is 0 Å². The van der Waals surface area contributed by atoms with Crippen molar-refractivity contribution in [2.24, 2.45) is 0 Å². The number of aliphatic hydroxyl groups is 1. The number of aliphatic hydroxyl groups excluding tert-OH is 1. The molecule has 48 heavy (non-hydrogen) atoms. The predicted octanol–water partition coefficient (Wildman–Crippen LogP) is 9.11. The van der Waals surface area contributed by atoms with Crippen LogP contribution in [0.4, 0.5) is 0 Å². The standard InChI is InChI=1S/C39H73N2O6P/c1-6-8-10-12-14-16-18-19-20-21-22-23-24-26-28-30-32-38(42)37(36-47-48(44,45)46-35-34-41(3,4)5)40-39(43)33-31-29-27-25-17-15-13-11-9-7-2/h13,15,19-20,23-24,30,32,37-38,42H,6-12,14,16-18,21-22,25-29,31,33-36H2,1-5H3,(H-,40,43,44,45)/b15-13-,20-19+,24-23+,32-30+. The van der Waals surface area contributed by atoms with Crippen LogP contribution in [0.5, 0.6) is 0 Å². The summed E-state index contributed by atoms with van der Waals surface area (Å²) < 4.78 is 23.0. The van der Waals surface area contributed by atoms with Crippen LogP contribution >= 0.6 is 7.82 Å². The molecule has 0 saturated heterocycles. The van der Waals surface area contributed by atoms with Gasteiger partial charge in [-0.05, 0) is 64.2 Å². The molecule has 0 heterocycles. The monoisotopic (exact) mass is 697 g/mol. The number of nitrogens with zero attached hydrogens (tertiary/aromatic N) is 1. The van der Waals surface area contributed by atoms with E-state index >= 15 is 0 Å². The molecule has 0 aromatic rings. The number of carbonyl (C=O) groups excluding carboxylic acids is 1. The summed E-state index contributed by atoms with van der Waals surface area (Å²) in [6.45, 7) is 4.51. The fourth-order valence-electron chi connectivity index (χ4n) is 4.87. The summed E-state index contributed by atoms with van der Waals surface area (Å²) in [5.41, 5.74) is 0. The molecule has 0 saturated carbocycles. The van der Waals surface area contributed by atoms with Gasteiger partial charge in [0.15, 0.2) is 0 Å². The van der Waals surface area contributed by atoms with Gasteiger partial charge in [0.2, 0.25) is 5.91 Å². The lowest BCUT2D eigenvalue weighted by Gasteiger charge is -2.29. The lowest BCUT2D eigenvalue weighted by Crippen LogP contribution is -2.45. The number of allylic oxidation sites excluding steroid dienone is 7. The molecule has 3 atom stereocenters. The molecule has 280 valence electrons. The summed E-state index contributed by atoms with van der Waals surface area (Å²) in [7, 11) is 1.22. The number of amides is 1. The zero-order chi connectivity index (χ0) is 35.8. The van der Waals surface area contributed by atoms with Crippen molar-refractivity contribution < 1.29 is 32.9 Å². The molecule has 2 N–H and O–H groups in total. The fourth-order valence-corrected chi connectivity index (χ4v) is 5.59. The van der Waals surface area contributed by atoms with Gasteiger partial charge < -0.3 is 28.8 Å². The molecule has 0 radical (unpaired) electrons. The van der Waals surface area contributed by atoms with Crippen molar-refractivity contribution in [1.82, 2.24) is 5.32 Å². The molecule has 3 unspecified atom stereocenters. The van der Waals surface area contributed by atoms with E-state index in [-0.39, 0.29) is 12.5 Å². The van der Waals surface area contributed by atoms with Gasteiger partial charge in [-0.2, -0.15) is 0 Å². The molecule has 0 aliphatic heterocycles. The van der Waals surface area contributed by atoms with Gasteiger partial charge in [-0.3, -0.25) is 9.36 Å². The zero-order valence-corrected chi connectivity index (χ0v) is 32.3. The van der Waals surface area contributed by atoms with E-state index in [1.54, 1.807) is 6.08 Å². The molecule has 0 spiro atoms. The molecule has 0 aromatic heterocycles. The summed E-state index contributed by atoms with van der Waals surface area (Å²) in [5, 5.41) is 13.6. The van der Waals surface area contributed by atoms with E-state index in [4.69, 9.17) is 9.05 Å². The zero-order valence-electron chi connectivity index (χ0n) is 31.4. The molecule has 1 amide bonds. The van der Waals surface area contributed by atoms with E-state index in [9.17, 15) is 19.4 Å². The van der Waals surface area contributed by atoms with Gasteiger partial charge >= 0.3 is 0 Å². The minimum absolute atomic E-state index is 0.0126. The number of quaternary nitrogens is 1. The van der Waals surface area contributed by atoms with Crippen molar-refractivity contribution in [3.63, 3.8) is 0 Å².